The zero-order chi connectivity index (χ0) is 14.3. The van der Waals surface area contributed by atoms with Crippen molar-refractivity contribution in [2.45, 2.75) is 45.0 Å². The third kappa shape index (κ3) is 2.52. The molecule has 1 aliphatic heterocycles. The van der Waals surface area contributed by atoms with Crippen molar-refractivity contribution in [2.75, 3.05) is 0 Å². The summed E-state index contributed by atoms with van der Waals surface area (Å²) in [4.78, 5) is 0. The Bertz CT molecular complexity index is 488. The molecule has 0 spiro atoms. The Morgan fingerprint density at radius 1 is 1.11 bits per heavy atom. The number of hydrogen-bond donors (Lipinski definition) is 1. The monoisotopic (exact) mass is 259 g/mol. The summed E-state index contributed by atoms with van der Waals surface area (Å²) in [5.74, 6) is 0. The van der Waals surface area contributed by atoms with Crippen molar-refractivity contribution in [3.63, 3.8) is 0 Å². The molecule has 19 heavy (non-hydrogen) atoms. The average Bonchev–Trinajstić information content (AvgIpc) is 2.58. The van der Waals surface area contributed by atoms with Crippen molar-refractivity contribution < 1.29 is 14.4 Å². The van der Waals surface area contributed by atoms with E-state index in [0.29, 0.717) is 5.56 Å². The smallest absolute Gasteiger partial charge is 0.399 e. The standard InChI is InChI=1S/C14H18BNO3/c1-13(2)14(3,4)19-15(18-13)11-7-5-10(6-8-11)12(17)9-16/h5-8,12,17H,1-4H3/t12-/m1/s1. The molecule has 2 rings (SSSR count). The van der Waals surface area contributed by atoms with Crippen molar-refractivity contribution in [1.29, 1.82) is 5.26 Å². The molecule has 1 aliphatic rings. The van der Waals surface area contributed by atoms with Gasteiger partial charge in [-0.25, -0.2) is 0 Å². The SMILES string of the molecule is CC1(C)OB(c2ccc([C@H](O)C#N)cc2)OC1(C)C. The number of hydrogen-bond acceptors (Lipinski definition) is 4. The molecule has 0 bridgehead atoms. The Morgan fingerprint density at radius 2 is 1.58 bits per heavy atom. The first-order valence-corrected chi connectivity index (χ1v) is 6.30. The van der Waals surface area contributed by atoms with Gasteiger partial charge in [0.25, 0.3) is 0 Å². The molecule has 0 amide bonds. The van der Waals surface area contributed by atoms with Crippen molar-refractivity contribution in [3.8, 4) is 6.07 Å². The van der Waals surface area contributed by atoms with Gasteiger partial charge in [-0.1, -0.05) is 24.3 Å². The van der Waals surface area contributed by atoms with Gasteiger partial charge >= 0.3 is 7.12 Å². The highest BCUT2D eigenvalue weighted by atomic mass is 16.7. The van der Waals surface area contributed by atoms with E-state index in [0.717, 1.165) is 5.46 Å². The summed E-state index contributed by atoms with van der Waals surface area (Å²) in [6.07, 6.45) is -1.09. The maximum atomic E-state index is 9.43. The molecule has 5 heteroatoms. The fourth-order valence-electron chi connectivity index (χ4n) is 1.89. The number of aliphatic hydroxyl groups is 1. The molecule has 0 aliphatic carbocycles. The molecule has 1 atom stereocenters. The van der Waals surface area contributed by atoms with E-state index >= 15 is 0 Å². The molecule has 1 N–H and O–H groups in total. The normalized spacial score (nSPS) is 22.0. The van der Waals surface area contributed by atoms with E-state index in [4.69, 9.17) is 14.6 Å². The summed E-state index contributed by atoms with van der Waals surface area (Å²) in [5.41, 5.74) is 0.709. The van der Waals surface area contributed by atoms with Crippen LogP contribution in [0.3, 0.4) is 0 Å². The van der Waals surface area contributed by atoms with Crippen LogP contribution in [0.5, 0.6) is 0 Å². The molecule has 1 heterocycles. The number of nitriles is 1. The summed E-state index contributed by atoms with van der Waals surface area (Å²) in [6, 6.07) is 8.86. The van der Waals surface area contributed by atoms with Crippen molar-refractivity contribution in [1.82, 2.24) is 0 Å². The lowest BCUT2D eigenvalue weighted by molar-refractivity contribution is 0.00578. The molecule has 100 valence electrons. The summed E-state index contributed by atoms with van der Waals surface area (Å²) < 4.78 is 11.9. The molecule has 1 aromatic rings. The Kier molecular flexibility index (Phi) is 3.44. The molecule has 4 nitrogen and oxygen atoms in total. The van der Waals surface area contributed by atoms with Gasteiger partial charge in [-0.15, -0.1) is 0 Å². The van der Waals surface area contributed by atoms with Crippen LogP contribution in [0.1, 0.15) is 39.4 Å². The van der Waals surface area contributed by atoms with Crippen LogP contribution in [0.2, 0.25) is 0 Å². The number of rotatable bonds is 2. The molecule has 0 radical (unpaired) electrons. The van der Waals surface area contributed by atoms with E-state index in [1.54, 1.807) is 18.2 Å². The quantitative estimate of drug-likeness (QED) is 0.646. The summed E-state index contributed by atoms with van der Waals surface area (Å²) in [5, 5.41) is 18.1. The van der Waals surface area contributed by atoms with Crippen LogP contribution < -0.4 is 5.46 Å². The molecule has 1 saturated heterocycles. The van der Waals surface area contributed by atoms with Crippen molar-refractivity contribution >= 4 is 12.6 Å². The minimum Gasteiger partial charge on any atom is -0.399 e. The molecule has 0 aromatic heterocycles. The second-order valence-corrected chi connectivity index (χ2v) is 5.79. The minimum atomic E-state index is -1.09. The first-order chi connectivity index (χ1) is 8.77. The van der Waals surface area contributed by atoms with Gasteiger partial charge in [-0.2, -0.15) is 5.26 Å². The Morgan fingerprint density at radius 3 is 2.00 bits per heavy atom. The van der Waals surface area contributed by atoms with Gasteiger partial charge in [0, 0.05) is 0 Å². The van der Waals surface area contributed by atoms with E-state index in [1.165, 1.54) is 0 Å². The lowest BCUT2D eigenvalue weighted by Gasteiger charge is -2.32. The lowest BCUT2D eigenvalue weighted by Crippen LogP contribution is -2.41. The first kappa shape index (κ1) is 14.1. The number of aliphatic hydroxyl groups excluding tert-OH is 1. The maximum Gasteiger partial charge on any atom is 0.494 e. The predicted molar refractivity (Wildman–Crippen MR) is 72.7 cm³/mol. The van der Waals surface area contributed by atoms with Crippen LogP contribution in [0.25, 0.3) is 0 Å². The molecule has 0 saturated carbocycles. The average molecular weight is 259 g/mol. The third-order valence-electron chi connectivity index (χ3n) is 3.90. The molecule has 1 aromatic carbocycles. The third-order valence-corrected chi connectivity index (χ3v) is 3.90. The molecule has 0 unspecified atom stereocenters. The Labute approximate surface area is 114 Å². The molecular weight excluding hydrogens is 241 g/mol. The largest absolute Gasteiger partial charge is 0.494 e. The van der Waals surface area contributed by atoms with Crippen LogP contribution in [0.4, 0.5) is 0 Å². The summed E-state index contributed by atoms with van der Waals surface area (Å²) >= 11 is 0. The highest BCUT2D eigenvalue weighted by Gasteiger charge is 2.51. The van der Waals surface area contributed by atoms with E-state index < -0.39 is 13.2 Å². The van der Waals surface area contributed by atoms with Crippen LogP contribution in [-0.2, 0) is 9.31 Å². The summed E-state index contributed by atoms with van der Waals surface area (Å²) in [7, 11) is -0.418. The van der Waals surface area contributed by atoms with Gasteiger partial charge in [0.15, 0.2) is 6.10 Å². The fraction of sp³-hybridized carbons (Fsp3) is 0.500. The van der Waals surface area contributed by atoms with E-state index in [9.17, 15) is 5.11 Å². The van der Waals surface area contributed by atoms with Gasteiger partial charge < -0.3 is 14.4 Å². The van der Waals surface area contributed by atoms with E-state index in [2.05, 4.69) is 0 Å². The number of benzene rings is 1. The second kappa shape index (κ2) is 4.64. The van der Waals surface area contributed by atoms with Gasteiger partial charge in [0.05, 0.1) is 17.3 Å². The van der Waals surface area contributed by atoms with Gasteiger partial charge in [-0.05, 0) is 38.7 Å². The van der Waals surface area contributed by atoms with Gasteiger partial charge in [0.1, 0.15) is 0 Å². The maximum absolute atomic E-state index is 9.43. The van der Waals surface area contributed by atoms with E-state index in [1.807, 2.05) is 39.8 Å². The van der Waals surface area contributed by atoms with Crippen LogP contribution in [0.15, 0.2) is 24.3 Å². The van der Waals surface area contributed by atoms with Crippen LogP contribution in [-0.4, -0.2) is 23.4 Å². The Balaban J connectivity index is 2.19. The molecule has 1 fully saturated rings. The zero-order valence-electron chi connectivity index (χ0n) is 11.7. The lowest BCUT2D eigenvalue weighted by atomic mass is 9.78. The molecular formula is C14H18BNO3. The zero-order valence-corrected chi connectivity index (χ0v) is 11.7. The minimum absolute atomic E-state index is 0.373. The second-order valence-electron chi connectivity index (χ2n) is 5.79. The highest BCUT2D eigenvalue weighted by molar-refractivity contribution is 6.62. The first-order valence-electron chi connectivity index (χ1n) is 6.30. The van der Waals surface area contributed by atoms with Crippen LogP contribution >= 0.6 is 0 Å². The summed E-state index contributed by atoms with van der Waals surface area (Å²) in [6.45, 7) is 8.00. The Hall–Kier alpha value is -1.35. The van der Waals surface area contributed by atoms with Crippen molar-refractivity contribution in [2.24, 2.45) is 0 Å². The van der Waals surface area contributed by atoms with Crippen molar-refractivity contribution in [3.05, 3.63) is 29.8 Å². The van der Waals surface area contributed by atoms with E-state index in [-0.39, 0.29) is 11.2 Å². The number of nitrogens with zero attached hydrogens (tertiary/aromatic N) is 1. The van der Waals surface area contributed by atoms with Crippen LogP contribution in [0, 0.1) is 11.3 Å². The fourth-order valence-corrected chi connectivity index (χ4v) is 1.89. The predicted octanol–water partition coefficient (Wildman–Crippen LogP) is 1.54. The topological polar surface area (TPSA) is 62.5 Å². The van der Waals surface area contributed by atoms with Gasteiger partial charge in [0.2, 0.25) is 0 Å². The van der Waals surface area contributed by atoms with Gasteiger partial charge in [-0.3, -0.25) is 0 Å². The highest BCUT2D eigenvalue weighted by Crippen LogP contribution is 2.36.